The van der Waals surface area contributed by atoms with E-state index in [1.807, 2.05) is 49.2 Å². The number of para-hydroxylation sites is 1. The van der Waals surface area contributed by atoms with Crippen LogP contribution in [-0.2, 0) is 10.0 Å². The number of benzene rings is 2. The van der Waals surface area contributed by atoms with Gasteiger partial charge in [-0.15, -0.1) is 0 Å². The highest BCUT2D eigenvalue weighted by molar-refractivity contribution is 7.89. The number of rotatable bonds is 7. The number of aromatic carboxylic acids is 1. The summed E-state index contributed by atoms with van der Waals surface area (Å²) < 4.78 is 27.6. The van der Waals surface area contributed by atoms with Crippen molar-refractivity contribution >= 4 is 21.7 Å². The van der Waals surface area contributed by atoms with E-state index in [0.29, 0.717) is 5.56 Å². The molecule has 0 saturated heterocycles. The van der Waals surface area contributed by atoms with Gasteiger partial charge in [0.05, 0.1) is 10.5 Å². The normalized spacial score (nSPS) is 12.6. The first-order valence-electron chi connectivity index (χ1n) is 7.83. The maximum Gasteiger partial charge on any atom is 0.335 e. The highest BCUT2D eigenvalue weighted by atomic mass is 32.2. The number of hydrogen-bond acceptors (Lipinski definition) is 4. The van der Waals surface area contributed by atoms with Gasteiger partial charge < -0.3 is 10.0 Å². The molecule has 0 heterocycles. The van der Waals surface area contributed by atoms with Crippen molar-refractivity contribution in [3.63, 3.8) is 0 Å². The van der Waals surface area contributed by atoms with Crippen molar-refractivity contribution in [1.82, 2.24) is 4.72 Å². The van der Waals surface area contributed by atoms with Crippen molar-refractivity contribution in [2.24, 2.45) is 0 Å². The summed E-state index contributed by atoms with van der Waals surface area (Å²) in [7, 11) is -1.90. The number of nitrogens with one attached hydrogen (secondary N) is 1. The van der Waals surface area contributed by atoms with Crippen LogP contribution in [0.5, 0.6) is 0 Å². The minimum absolute atomic E-state index is 0.0422. The van der Waals surface area contributed by atoms with Gasteiger partial charge in [-0.2, -0.15) is 0 Å². The average molecular weight is 362 g/mol. The predicted molar refractivity (Wildman–Crippen MR) is 97.6 cm³/mol. The maximum atomic E-state index is 12.5. The summed E-state index contributed by atoms with van der Waals surface area (Å²) in [5.41, 5.74) is 1.52. The van der Waals surface area contributed by atoms with Crippen LogP contribution in [0.4, 0.5) is 5.69 Å². The lowest BCUT2D eigenvalue weighted by Gasteiger charge is -2.27. The van der Waals surface area contributed by atoms with Gasteiger partial charge in [0, 0.05) is 25.3 Å². The molecule has 0 aliphatic rings. The Bertz CT molecular complexity index is 851. The lowest BCUT2D eigenvalue weighted by atomic mass is 10.1. The SMILES string of the molecule is Cc1cc(C(=O)O)cc(S(=O)(=O)NCC(C)N(C)c2ccccc2)c1. The zero-order chi connectivity index (χ0) is 18.6. The molecule has 0 fully saturated rings. The molecule has 0 bridgehead atoms. The number of carboxylic acids is 1. The second-order valence-electron chi connectivity index (χ2n) is 5.99. The van der Waals surface area contributed by atoms with E-state index >= 15 is 0 Å². The molecule has 2 N–H and O–H groups in total. The van der Waals surface area contributed by atoms with Gasteiger partial charge in [-0.3, -0.25) is 0 Å². The van der Waals surface area contributed by atoms with E-state index in [1.54, 1.807) is 6.92 Å². The van der Waals surface area contributed by atoms with Gasteiger partial charge in [-0.25, -0.2) is 17.9 Å². The molecule has 134 valence electrons. The lowest BCUT2D eigenvalue weighted by Crippen LogP contribution is -2.40. The Balaban J connectivity index is 2.13. The summed E-state index contributed by atoms with van der Waals surface area (Å²) >= 11 is 0. The number of sulfonamides is 1. The number of aryl methyl sites for hydroxylation is 1. The maximum absolute atomic E-state index is 12.5. The van der Waals surface area contributed by atoms with Crippen molar-refractivity contribution in [1.29, 1.82) is 0 Å². The van der Waals surface area contributed by atoms with Crippen molar-refractivity contribution in [2.75, 3.05) is 18.5 Å². The fourth-order valence-electron chi connectivity index (χ4n) is 2.39. The Morgan fingerprint density at radius 3 is 2.44 bits per heavy atom. The first-order valence-corrected chi connectivity index (χ1v) is 9.31. The molecule has 2 aromatic carbocycles. The number of hydrogen-bond donors (Lipinski definition) is 2. The molecule has 1 atom stereocenters. The topological polar surface area (TPSA) is 86.7 Å². The fourth-order valence-corrected chi connectivity index (χ4v) is 3.65. The van der Waals surface area contributed by atoms with Crippen LogP contribution in [0.25, 0.3) is 0 Å². The molecule has 25 heavy (non-hydrogen) atoms. The van der Waals surface area contributed by atoms with Crippen LogP contribution in [-0.4, -0.2) is 39.1 Å². The van der Waals surface area contributed by atoms with Gasteiger partial charge in [0.25, 0.3) is 0 Å². The van der Waals surface area contributed by atoms with Gasteiger partial charge in [0.15, 0.2) is 0 Å². The zero-order valence-electron chi connectivity index (χ0n) is 14.4. The smallest absolute Gasteiger partial charge is 0.335 e. The summed E-state index contributed by atoms with van der Waals surface area (Å²) in [5, 5.41) is 9.09. The van der Waals surface area contributed by atoms with Gasteiger partial charge in [-0.1, -0.05) is 18.2 Å². The minimum atomic E-state index is -3.79. The number of carboxylic acid groups (broad SMARTS) is 1. The van der Waals surface area contributed by atoms with Crippen LogP contribution in [0.15, 0.2) is 53.4 Å². The molecule has 0 aromatic heterocycles. The van der Waals surface area contributed by atoms with Gasteiger partial charge in [-0.05, 0) is 49.7 Å². The van der Waals surface area contributed by atoms with Gasteiger partial charge in [0.2, 0.25) is 10.0 Å². The third kappa shape index (κ3) is 4.80. The molecule has 0 aliphatic carbocycles. The third-order valence-electron chi connectivity index (χ3n) is 4.00. The monoisotopic (exact) mass is 362 g/mol. The van der Waals surface area contributed by atoms with Crippen LogP contribution in [0, 0.1) is 6.92 Å². The second kappa shape index (κ2) is 7.67. The summed E-state index contributed by atoms with van der Waals surface area (Å²) in [6.07, 6.45) is 0. The molecule has 0 amide bonds. The van der Waals surface area contributed by atoms with Gasteiger partial charge in [0.1, 0.15) is 0 Å². The number of nitrogens with zero attached hydrogens (tertiary/aromatic N) is 1. The molecule has 7 heteroatoms. The highest BCUT2D eigenvalue weighted by Crippen LogP contribution is 2.17. The first-order chi connectivity index (χ1) is 11.7. The van der Waals surface area contributed by atoms with E-state index in [2.05, 4.69) is 4.72 Å². The van der Waals surface area contributed by atoms with E-state index in [9.17, 15) is 13.2 Å². The summed E-state index contributed by atoms with van der Waals surface area (Å²) in [6, 6.07) is 13.6. The van der Waals surface area contributed by atoms with Crippen LogP contribution in [0.1, 0.15) is 22.8 Å². The predicted octanol–water partition coefficient (Wildman–Crippen LogP) is 2.50. The molecule has 0 spiro atoms. The molecule has 0 aliphatic heterocycles. The summed E-state index contributed by atoms with van der Waals surface area (Å²) in [6.45, 7) is 3.77. The van der Waals surface area contributed by atoms with Crippen LogP contribution in [0.3, 0.4) is 0 Å². The van der Waals surface area contributed by atoms with Crippen LogP contribution >= 0.6 is 0 Å². The van der Waals surface area contributed by atoms with E-state index < -0.39 is 16.0 Å². The van der Waals surface area contributed by atoms with Crippen molar-refractivity contribution in [2.45, 2.75) is 24.8 Å². The standard InChI is InChI=1S/C18H22N2O4S/c1-13-9-15(18(21)22)11-17(10-13)25(23,24)19-12-14(2)20(3)16-7-5-4-6-8-16/h4-11,14,19H,12H2,1-3H3,(H,21,22). The Morgan fingerprint density at radius 2 is 1.84 bits per heavy atom. The third-order valence-corrected chi connectivity index (χ3v) is 5.40. The minimum Gasteiger partial charge on any atom is -0.478 e. The number of likely N-dealkylation sites (N-methyl/N-ethyl adjacent to an activating group) is 1. The van der Waals surface area contributed by atoms with E-state index in [1.165, 1.54) is 18.2 Å². The molecule has 2 rings (SSSR count). The number of anilines is 1. The fraction of sp³-hybridized carbons (Fsp3) is 0.278. The van der Waals surface area contributed by atoms with Crippen LogP contribution < -0.4 is 9.62 Å². The molecular formula is C18H22N2O4S. The summed E-state index contributed by atoms with van der Waals surface area (Å²) in [5.74, 6) is -1.16. The Kier molecular flexibility index (Phi) is 5.81. The molecule has 6 nitrogen and oxygen atoms in total. The van der Waals surface area contributed by atoms with E-state index in [0.717, 1.165) is 5.69 Å². The zero-order valence-corrected chi connectivity index (χ0v) is 15.2. The van der Waals surface area contributed by atoms with Crippen molar-refractivity contribution in [3.8, 4) is 0 Å². The largest absolute Gasteiger partial charge is 0.478 e. The Morgan fingerprint density at radius 1 is 1.20 bits per heavy atom. The van der Waals surface area contributed by atoms with Crippen molar-refractivity contribution in [3.05, 3.63) is 59.7 Å². The average Bonchev–Trinajstić information content (AvgIpc) is 2.59. The Hall–Kier alpha value is -2.38. The molecule has 0 radical (unpaired) electrons. The second-order valence-corrected chi connectivity index (χ2v) is 7.75. The first kappa shape index (κ1) is 19.0. The summed E-state index contributed by atoms with van der Waals surface area (Å²) in [4.78, 5) is 13.1. The molecule has 2 aromatic rings. The molecular weight excluding hydrogens is 340 g/mol. The number of carbonyl (C=O) groups is 1. The molecule has 1 unspecified atom stereocenters. The van der Waals surface area contributed by atoms with Gasteiger partial charge >= 0.3 is 5.97 Å². The highest BCUT2D eigenvalue weighted by Gasteiger charge is 2.19. The van der Waals surface area contributed by atoms with E-state index in [4.69, 9.17) is 5.11 Å². The quantitative estimate of drug-likeness (QED) is 0.790. The van der Waals surface area contributed by atoms with E-state index in [-0.39, 0.29) is 23.0 Å². The lowest BCUT2D eigenvalue weighted by molar-refractivity contribution is 0.0696. The van der Waals surface area contributed by atoms with Crippen molar-refractivity contribution < 1.29 is 18.3 Å². The van der Waals surface area contributed by atoms with Crippen LogP contribution in [0.2, 0.25) is 0 Å². The molecule has 0 saturated carbocycles. The Labute approximate surface area is 148 Å².